The number of amides is 2. The lowest BCUT2D eigenvalue weighted by atomic mass is 9.71. The fourth-order valence-corrected chi connectivity index (χ4v) is 7.03. The van der Waals surface area contributed by atoms with Crippen LogP contribution in [0.2, 0.25) is 0 Å². The number of nitrogens with zero attached hydrogens (tertiary/aromatic N) is 5. The summed E-state index contributed by atoms with van der Waals surface area (Å²) in [6.45, 7) is 9.35. The first-order valence-corrected chi connectivity index (χ1v) is 16.1. The van der Waals surface area contributed by atoms with Crippen LogP contribution in [0, 0.1) is 0 Å². The van der Waals surface area contributed by atoms with E-state index in [2.05, 4.69) is 27.2 Å². The molecule has 3 aliphatic heterocycles. The molecule has 0 radical (unpaired) electrons. The number of rotatable bonds is 4. The predicted octanol–water partition coefficient (Wildman–Crippen LogP) is 4.60. The van der Waals surface area contributed by atoms with Crippen molar-refractivity contribution in [2.45, 2.75) is 63.1 Å². The van der Waals surface area contributed by atoms with Crippen LogP contribution in [0.3, 0.4) is 0 Å². The number of ether oxygens (including phenoxy) is 2. The molecule has 0 unspecified atom stereocenters. The van der Waals surface area contributed by atoms with Crippen molar-refractivity contribution in [3.05, 3.63) is 66.2 Å². The summed E-state index contributed by atoms with van der Waals surface area (Å²) in [5, 5.41) is 18.8. The molecule has 0 aliphatic carbocycles. The zero-order valence-corrected chi connectivity index (χ0v) is 26.9. The number of hydrogen-bond acceptors (Lipinski definition) is 9. The molecular weight excluding hydrogens is 584 g/mol. The normalized spacial score (nSPS) is 19.6. The molecule has 46 heavy (non-hydrogen) atoms. The maximum absolute atomic E-state index is 14.6. The molecule has 0 saturated carbocycles. The van der Waals surface area contributed by atoms with E-state index in [0.29, 0.717) is 88.6 Å². The second kappa shape index (κ2) is 12.4. The highest BCUT2D eigenvalue weighted by Crippen LogP contribution is 2.42. The summed E-state index contributed by atoms with van der Waals surface area (Å²) >= 11 is 0. The van der Waals surface area contributed by atoms with Crippen LogP contribution in [-0.2, 0) is 19.7 Å². The van der Waals surface area contributed by atoms with Crippen molar-refractivity contribution in [1.82, 2.24) is 20.0 Å². The Morgan fingerprint density at radius 2 is 1.57 bits per heavy atom. The summed E-state index contributed by atoms with van der Waals surface area (Å²) < 4.78 is 11.9. The van der Waals surface area contributed by atoms with Crippen molar-refractivity contribution < 1.29 is 24.2 Å². The SMILES string of the molecule is CC(C)(C)OC(=O)N1CCOC2(CCN(C(=O)C3(c4ccccc4)CCN(c4cc(-c5ccccc5O)nnc4N)CC3)CC2)C1. The van der Waals surface area contributed by atoms with Crippen molar-refractivity contribution in [3.63, 3.8) is 0 Å². The highest BCUT2D eigenvalue weighted by atomic mass is 16.6. The largest absolute Gasteiger partial charge is 0.507 e. The Morgan fingerprint density at radius 3 is 2.24 bits per heavy atom. The van der Waals surface area contributed by atoms with Gasteiger partial charge in [-0.2, -0.15) is 0 Å². The lowest BCUT2D eigenvalue weighted by Crippen LogP contribution is -2.61. The molecule has 3 aromatic rings. The number of anilines is 2. The van der Waals surface area contributed by atoms with Crippen LogP contribution in [0.1, 0.15) is 52.0 Å². The number of likely N-dealkylation sites (tertiary alicyclic amines) is 1. The molecule has 4 heterocycles. The minimum Gasteiger partial charge on any atom is -0.507 e. The lowest BCUT2D eigenvalue weighted by molar-refractivity contribution is -0.154. The summed E-state index contributed by atoms with van der Waals surface area (Å²) in [5.74, 6) is 0.565. The Balaban J connectivity index is 1.18. The smallest absolute Gasteiger partial charge is 0.410 e. The third kappa shape index (κ3) is 6.33. The summed E-state index contributed by atoms with van der Waals surface area (Å²) in [6.07, 6.45) is 2.20. The first-order valence-electron chi connectivity index (χ1n) is 16.1. The van der Waals surface area contributed by atoms with Crippen LogP contribution in [0.5, 0.6) is 5.75 Å². The van der Waals surface area contributed by atoms with Gasteiger partial charge in [-0.25, -0.2) is 4.79 Å². The molecule has 2 aromatic carbocycles. The molecule has 11 heteroatoms. The average Bonchev–Trinajstić information content (AvgIpc) is 3.05. The monoisotopic (exact) mass is 628 g/mol. The van der Waals surface area contributed by atoms with E-state index < -0.39 is 16.6 Å². The molecule has 11 nitrogen and oxygen atoms in total. The predicted molar refractivity (Wildman–Crippen MR) is 175 cm³/mol. The Hall–Kier alpha value is -4.38. The third-order valence-electron chi connectivity index (χ3n) is 9.54. The highest BCUT2D eigenvalue weighted by molar-refractivity contribution is 5.89. The van der Waals surface area contributed by atoms with Crippen LogP contribution in [0.4, 0.5) is 16.3 Å². The van der Waals surface area contributed by atoms with Crippen molar-refractivity contribution in [1.29, 1.82) is 0 Å². The second-order valence-corrected chi connectivity index (χ2v) is 13.7. The molecule has 6 rings (SSSR count). The van der Waals surface area contributed by atoms with Gasteiger partial charge < -0.3 is 35.0 Å². The van der Waals surface area contributed by atoms with Crippen LogP contribution in [0.25, 0.3) is 11.3 Å². The number of hydrogen-bond donors (Lipinski definition) is 2. The number of nitrogen functional groups attached to an aromatic ring is 1. The van der Waals surface area contributed by atoms with Gasteiger partial charge in [0.1, 0.15) is 11.4 Å². The van der Waals surface area contributed by atoms with Crippen LogP contribution in [-0.4, -0.2) is 94.2 Å². The van der Waals surface area contributed by atoms with Crippen molar-refractivity contribution in [2.75, 3.05) is 56.5 Å². The quantitative estimate of drug-likeness (QED) is 0.425. The van der Waals surface area contributed by atoms with Crippen molar-refractivity contribution >= 4 is 23.5 Å². The van der Waals surface area contributed by atoms with E-state index in [1.165, 1.54) is 0 Å². The van der Waals surface area contributed by atoms with Gasteiger partial charge in [-0.15, -0.1) is 10.2 Å². The molecule has 0 bridgehead atoms. The van der Waals surface area contributed by atoms with Gasteiger partial charge in [-0.1, -0.05) is 42.5 Å². The number of phenolic OH excluding ortho intramolecular Hbond substituents is 1. The number of benzene rings is 2. The van der Waals surface area contributed by atoms with Crippen LogP contribution in [0.15, 0.2) is 60.7 Å². The third-order valence-corrected chi connectivity index (χ3v) is 9.54. The standard InChI is InChI=1S/C35H44N6O5/c1-33(2,3)46-32(44)41-21-22-45-34(24-41)13-17-40(18-14-34)31(43)35(25-9-5-4-6-10-25)15-19-39(20-16-35)28-23-27(37-38-30(28)36)26-11-7-8-12-29(26)42/h4-12,23,42H,13-22,24H2,1-3H3,(H2,36,38). The Kier molecular flexibility index (Phi) is 8.54. The van der Waals surface area contributed by atoms with Gasteiger partial charge in [-0.05, 0) is 70.2 Å². The van der Waals surface area contributed by atoms with E-state index in [1.54, 1.807) is 23.1 Å². The second-order valence-electron chi connectivity index (χ2n) is 13.7. The number of nitrogens with two attached hydrogens (primary N) is 1. The van der Waals surface area contributed by atoms with Crippen LogP contribution >= 0.6 is 0 Å². The molecule has 1 aromatic heterocycles. The topological polar surface area (TPSA) is 134 Å². The first-order chi connectivity index (χ1) is 22.0. The van der Waals surface area contributed by atoms with Crippen LogP contribution < -0.4 is 10.6 Å². The molecule has 2 amide bonds. The number of morpholine rings is 1. The number of piperidine rings is 2. The molecule has 3 saturated heterocycles. The van der Waals surface area contributed by atoms with E-state index >= 15 is 0 Å². The van der Waals surface area contributed by atoms with Gasteiger partial charge in [0, 0.05) is 38.3 Å². The molecule has 3 aliphatic rings. The van der Waals surface area contributed by atoms with Gasteiger partial charge in [0.05, 0.1) is 35.5 Å². The number of phenols is 1. The fourth-order valence-electron chi connectivity index (χ4n) is 7.03. The van der Waals surface area contributed by atoms with Crippen molar-refractivity contribution in [2.24, 2.45) is 0 Å². The van der Waals surface area contributed by atoms with E-state index in [1.807, 2.05) is 56.0 Å². The van der Waals surface area contributed by atoms with Gasteiger partial charge in [0.25, 0.3) is 0 Å². The number of aromatic hydroxyl groups is 1. The van der Waals surface area contributed by atoms with Gasteiger partial charge in [-0.3, -0.25) is 4.79 Å². The molecule has 244 valence electrons. The summed E-state index contributed by atoms with van der Waals surface area (Å²) in [6, 6.07) is 19.0. The Bertz CT molecular complexity index is 1560. The van der Waals surface area contributed by atoms with Gasteiger partial charge >= 0.3 is 6.09 Å². The average molecular weight is 629 g/mol. The summed E-state index contributed by atoms with van der Waals surface area (Å²) in [5.41, 5.74) is 7.47. The number of para-hydroxylation sites is 1. The number of carbonyl (C=O) groups excluding carboxylic acids is 2. The van der Waals surface area contributed by atoms with E-state index in [4.69, 9.17) is 15.2 Å². The zero-order valence-electron chi connectivity index (χ0n) is 26.9. The van der Waals surface area contributed by atoms with E-state index in [-0.39, 0.29) is 17.7 Å². The number of carbonyl (C=O) groups is 2. The maximum Gasteiger partial charge on any atom is 0.410 e. The van der Waals surface area contributed by atoms with Crippen molar-refractivity contribution in [3.8, 4) is 17.0 Å². The minimum atomic E-state index is -0.687. The molecule has 3 N–H and O–H groups in total. The summed E-state index contributed by atoms with van der Waals surface area (Å²) in [4.78, 5) is 33.3. The maximum atomic E-state index is 14.6. The lowest BCUT2D eigenvalue weighted by Gasteiger charge is -2.49. The highest BCUT2D eigenvalue weighted by Gasteiger charge is 2.49. The number of aromatic nitrogens is 2. The Morgan fingerprint density at radius 1 is 0.891 bits per heavy atom. The molecular formula is C35H44N6O5. The minimum absolute atomic E-state index is 0.124. The first kappa shape index (κ1) is 31.6. The van der Waals surface area contributed by atoms with Gasteiger partial charge in [0.2, 0.25) is 5.91 Å². The molecule has 3 fully saturated rings. The Labute approximate surface area is 270 Å². The summed E-state index contributed by atoms with van der Waals surface area (Å²) in [7, 11) is 0. The molecule has 1 spiro atoms. The fraction of sp³-hybridized carbons (Fsp3) is 0.486. The van der Waals surface area contributed by atoms with E-state index in [0.717, 1.165) is 11.3 Å². The van der Waals surface area contributed by atoms with Gasteiger partial charge in [0.15, 0.2) is 5.82 Å². The van der Waals surface area contributed by atoms with E-state index in [9.17, 15) is 14.7 Å². The molecule has 0 atom stereocenters. The zero-order chi connectivity index (χ0) is 32.5.